The maximum Gasteiger partial charge on any atom is 0.303 e. The van der Waals surface area contributed by atoms with E-state index < -0.39 is 88.8 Å². The van der Waals surface area contributed by atoms with Crippen molar-refractivity contribution in [2.24, 2.45) is 0 Å². The van der Waals surface area contributed by atoms with Crippen molar-refractivity contribution in [3.63, 3.8) is 0 Å². The molecular formula is C59H57Cl3N2O13. The zero-order valence-electron chi connectivity index (χ0n) is 41.9. The average molecular weight is 1110 g/mol. The first-order valence-corrected chi connectivity index (χ1v) is 26.2. The monoisotopic (exact) mass is 1110 g/mol. The fourth-order valence-electron chi connectivity index (χ4n) is 9.43. The molecule has 0 saturated carbocycles. The smallest absolute Gasteiger partial charge is 0.303 e. The van der Waals surface area contributed by atoms with Crippen molar-refractivity contribution in [2.45, 2.75) is 105 Å². The number of hydrogen-bond donors (Lipinski definition) is 1. The second-order valence-corrected chi connectivity index (χ2v) is 20.8. The van der Waals surface area contributed by atoms with E-state index in [9.17, 15) is 14.4 Å². The summed E-state index contributed by atoms with van der Waals surface area (Å²) in [4.78, 5) is 43.9. The summed E-state index contributed by atoms with van der Waals surface area (Å²) in [7, 11) is 0. The third kappa shape index (κ3) is 14.4. The van der Waals surface area contributed by atoms with Gasteiger partial charge in [-0.05, 0) is 39.9 Å². The number of alkyl halides is 3. The second kappa shape index (κ2) is 26.5. The lowest BCUT2D eigenvalue weighted by Crippen LogP contribution is -2.69. The average Bonchev–Trinajstić information content (AvgIpc) is 3.70. The van der Waals surface area contributed by atoms with E-state index in [1.807, 2.05) is 152 Å². The van der Waals surface area contributed by atoms with Crippen LogP contribution in [0.4, 0.5) is 0 Å². The van der Waals surface area contributed by atoms with Gasteiger partial charge in [0.25, 0.3) is 15.6 Å². The lowest BCUT2D eigenvalue weighted by molar-refractivity contribution is -0.359. The first-order valence-electron chi connectivity index (χ1n) is 25.0. The number of amides is 2. The van der Waals surface area contributed by atoms with E-state index in [1.165, 1.54) is 19.1 Å². The summed E-state index contributed by atoms with van der Waals surface area (Å²) < 4.78 is 64.3. The van der Waals surface area contributed by atoms with E-state index in [-0.39, 0.29) is 57.4 Å². The number of benzene rings is 6. The molecule has 10 atom stereocenters. The first kappa shape index (κ1) is 55.7. The van der Waals surface area contributed by atoms with Gasteiger partial charge in [0.1, 0.15) is 42.7 Å². The van der Waals surface area contributed by atoms with Gasteiger partial charge in [-0.25, -0.2) is 0 Å². The quantitative estimate of drug-likeness (QED) is 0.0224. The molecule has 0 aliphatic carbocycles. The highest BCUT2D eigenvalue weighted by Crippen LogP contribution is 2.40. The maximum atomic E-state index is 14.7. The van der Waals surface area contributed by atoms with Crippen LogP contribution < -0.4 is 0 Å². The number of nitrogens with one attached hydrogen (secondary N) is 1. The molecule has 3 aliphatic rings. The van der Waals surface area contributed by atoms with Gasteiger partial charge < -0.3 is 47.4 Å². The standard InChI is InChI=1S/C59H57Cl3N2O13/c1-38(65)73-53-52(72-35-43-27-15-6-16-28-43)49(70-33-41-23-11-4-12-24-41)46(36-68-31-39-19-7-2-8-20-39)75-57(53)76-50-47(37-69-32-40-21-9-3-10-22-40)74-56(77-58(63)59(60,61)62)48(51(50)71-34-42-25-13-5-14-26-42)64-54(66)44-29-17-18-30-45(44)55(64)67/h2-30,46-53,56-57,63H,31-37H2,1H3/t46-,47-,48-,49-,50-,51-,52+,53+,56+,57-/m1/s1. The number of fused-ring (bicyclic) bond motifs is 1. The fraction of sp³-hybridized carbons (Fsp3) is 0.322. The molecule has 1 N–H and O–H groups in total. The summed E-state index contributed by atoms with van der Waals surface area (Å²) in [5, 5.41) is 8.80. The van der Waals surface area contributed by atoms with Crippen LogP contribution in [0.2, 0.25) is 0 Å². The number of carbonyl (C=O) groups excluding carboxylic acids is 3. The zero-order valence-corrected chi connectivity index (χ0v) is 44.1. The number of carbonyl (C=O) groups is 3. The third-order valence-corrected chi connectivity index (χ3v) is 13.6. The maximum absolute atomic E-state index is 14.7. The van der Waals surface area contributed by atoms with Crippen molar-refractivity contribution in [2.75, 3.05) is 13.2 Å². The number of esters is 1. The van der Waals surface area contributed by atoms with Gasteiger partial charge in [0.05, 0.1) is 57.4 Å². The number of imide groups is 1. The zero-order chi connectivity index (χ0) is 53.7. The number of hydrogen-bond acceptors (Lipinski definition) is 14. The van der Waals surface area contributed by atoms with E-state index in [0.717, 1.165) is 27.2 Å². The Morgan fingerprint density at radius 2 is 0.870 bits per heavy atom. The largest absolute Gasteiger partial charge is 0.454 e. The summed E-state index contributed by atoms with van der Waals surface area (Å²) in [5.41, 5.74) is 4.32. The minimum absolute atomic E-state index is 0.0556. The van der Waals surface area contributed by atoms with Gasteiger partial charge in [-0.3, -0.25) is 24.7 Å². The van der Waals surface area contributed by atoms with Gasteiger partial charge >= 0.3 is 5.97 Å². The minimum Gasteiger partial charge on any atom is -0.454 e. The Morgan fingerprint density at radius 1 is 0.494 bits per heavy atom. The molecule has 2 saturated heterocycles. The molecule has 77 heavy (non-hydrogen) atoms. The summed E-state index contributed by atoms with van der Waals surface area (Å²) in [6.45, 7) is 1.34. The molecule has 18 heteroatoms. The third-order valence-electron chi connectivity index (χ3n) is 13.1. The van der Waals surface area contributed by atoms with Crippen molar-refractivity contribution < 1.29 is 61.8 Å². The molecule has 0 radical (unpaired) electrons. The molecule has 3 heterocycles. The van der Waals surface area contributed by atoms with Gasteiger partial charge in [0, 0.05) is 6.92 Å². The number of ether oxygens (including phenoxy) is 10. The molecule has 0 aromatic heterocycles. The molecule has 2 fully saturated rings. The van der Waals surface area contributed by atoms with Gasteiger partial charge in [0.2, 0.25) is 12.2 Å². The molecule has 0 bridgehead atoms. The Labute approximate surface area is 461 Å². The number of nitrogens with zero attached hydrogens (tertiary/aromatic N) is 1. The Bertz CT molecular complexity index is 2840. The highest BCUT2D eigenvalue weighted by atomic mass is 35.6. The second-order valence-electron chi connectivity index (χ2n) is 18.5. The Morgan fingerprint density at radius 3 is 1.30 bits per heavy atom. The van der Waals surface area contributed by atoms with Crippen molar-refractivity contribution in [3.05, 3.63) is 215 Å². The van der Waals surface area contributed by atoms with Crippen LogP contribution in [0.15, 0.2) is 176 Å². The Kier molecular flexibility index (Phi) is 19.2. The lowest BCUT2D eigenvalue weighted by Gasteiger charge is -2.51. The van der Waals surface area contributed by atoms with E-state index in [0.29, 0.717) is 5.56 Å². The molecule has 6 aromatic rings. The summed E-state index contributed by atoms with van der Waals surface area (Å²) >= 11 is 18.8. The molecule has 6 aromatic carbocycles. The molecule has 0 unspecified atom stereocenters. The first-order chi connectivity index (χ1) is 37.4. The predicted molar refractivity (Wildman–Crippen MR) is 285 cm³/mol. The van der Waals surface area contributed by atoms with Crippen molar-refractivity contribution in [3.8, 4) is 0 Å². The van der Waals surface area contributed by atoms with Crippen LogP contribution in [-0.2, 0) is 85.2 Å². The van der Waals surface area contributed by atoms with E-state index >= 15 is 0 Å². The highest BCUT2D eigenvalue weighted by Gasteiger charge is 2.59. The molecule has 9 rings (SSSR count). The lowest BCUT2D eigenvalue weighted by atomic mass is 9.93. The summed E-state index contributed by atoms with van der Waals surface area (Å²) in [5.74, 6) is -2.99. The molecular weight excluding hydrogens is 1050 g/mol. The van der Waals surface area contributed by atoms with Gasteiger partial charge in [-0.15, -0.1) is 0 Å². The fourth-order valence-corrected chi connectivity index (χ4v) is 9.56. The van der Waals surface area contributed by atoms with Crippen molar-refractivity contribution in [1.29, 1.82) is 5.41 Å². The topological polar surface area (TPSA) is 171 Å². The van der Waals surface area contributed by atoms with E-state index in [2.05, 4.69) is 0 Å². The van der Waals surface area contributed by atoms with Crippen LogP contribution in [0.3, 0.4) is 0 Å². The molecule has 3 aliphatic heterocycles. The van der Waals surface area contributed by atoms with Crippen LogP contribution in [0.25, 0.3) is 0 Å². The van der Waals surface area contributed by atoms with Gasteiger partial charge in [-0.1, -0.05) is 199 Å². The SMILES string of the molecule is CC(=O)O[C@@H]1[C@@H](O[C@H]2[C@H](OCc3ccccc3)[C@@H](N3C(=O)c4ccccc4C3=O)[C@H](OC(=N)C(Cl)(Cl)Cl)O[C@@H]2COCc2ccccc2)O[C@H](COCc2ccccc2)[C@@H](OCc2ccccc2)[C@@H]1OCc1ccccc1. The number of halogens is 3. The normalized spacial score (nSPS) is 24.3. The number of rotatable bonds is 22. The van der Waals surface area contributed by atoms with Crippen molar-refractivity contribution >= 4 is 58.5 Å². The van der Waals surface area contributed by atoms with E-state index in [4.69, 9.17) is 87.6 Å². The molecule has 15 nitrogen and oxygen atoms in total. The van der Waals surface area contributed by atoms with Gasteiger partial charge in [-0.2, -0.15) is 0 Å². The molecule has 2 amide bonds. The predicted octanol–water partition coefficient (Wildman–Crippen LogP) is 9.97. The van der Waals surface area contributed by atoms with Crippen LogP contribution in [0, 0.1) is 5.41 Å². The van der Waals surface area contributed by atoms with Crippen LogP contribution in [0.1, 0.15) is 55.5 Å². The summed E-state index contributed by atoms with van der Waals surface area (Å²) in [6, 6.07) is 52.0. The highest BCUT2D eigenvalue weighted by molar-refractivity contribution is 6.76. The Balaban J connectivity index is 1.16. The minimum atomic E-state index is -2.42. The van der Waals surface area contributed by atoms with Gasteiger partial charge in [0.15, 0.2) is 12.4 Å². The summed E-state index contributed by atoms with van der Waals surface area (Å²) in [6.07, 6.45) is -11.7. The van der Waals surface area contributed by atoms with E-state index in [1.54, 1.807) is 12.1 Å². The van der Waals surface area contributed by atoms with Crippen LogP contribution in [-0.4, -0.2) is 107 Å². The van der Waals surface area contributed by atoms with Crippen molar-refractivity contribution in [1.82, 2.24) is 4.90 Å². The Hall–Kier alpha value is -6.05. The molecule has 0 spiro atoms. The molecule has 402 valence electrons. The van der Waals surface area contributed by atoms with Crippen LogP contribution >= 0.6 is 34.8 Å². The van der Waals surface area contributed by atoms with Crippen LogP contribution in [0.5, 0.6) is 0 Å².